The van der Waals surface area contributed by atoms with Crippen molar-refractivity contribution >= 4 is 17.3 Å². The van der Waals surface area contributed by atoms with Gasteiger partial charge in [0, 0.05) is 44.0 Å². The van der Waals surface area contributed by atoms with E-state index in [0.717, 1.165) is 31.4 Å². The van der Waals surface area contributed by atoms with E-state index < -0.39 is 5.54 Å². The number of anilines is 1. The number of nitrogens with two attached hydrogens (primary N) is 1. The Morgan fingerprint density at radius 1 is 1.17 bits per heavy atom. The van der Waals surface area contributed by atoms with E-state index in [4.69, 9.17) is 5.73 Å². The zero-order valence-electron chi connectivity index (χ0n) is 13.1. The average molecular weight is 318 g/mol. The topological polar surface area (TPSA) is 92.7 Å². The van der Waals surface area contributed by atoms with Gasteiger partial charge in [-0.3, -0.25) is 14.9 Å². The quantitative estimate of drug-likeness (QED) is 0.673. The van der Waals surface area contributed by atoms with E-state index in [1.807, 2.05) is 11.0 Å². The van der Waals surface area contributed by atoms with Crippen LogP contribution in [-0.2, 0) is 4.79 Å². The van der Waals surface area contributed by atoms with Gasteiger partial charge < -0.3 is 15.5 Å². The molecule has 7 heteroatoms. The molecule has 2 N–H and O–H groups in total. The normalized spacial score (nSPS) is 20.6. The van der Waals surface area contributed by atoms with Crippen LogP contribution in [0, 0.1) is 10.1 Å². The highest BCUT2D eigenvalue weighted by molar-refractivity contribution is 5.86. The van der Waals surface area contributed by atoms with Crippen LogP contribution in [0.1, 0.15) is 25.7 Å². The highest BCUT2D eigenvalue weighted by atomic mass is 16.6. The van der Waals surface area contributed by atoms with Crippen molar-refractivity contribution in [3.05, 3.63) is 34.4 Å². The van der Waals surface area contributed by atoms with Crippen LogP contribution >= 0.6 is 0 Å². The molecule has 0 atom stereocenters. The monoisotopic (exact) mass is 318 g/mol. The fourth-order valence-electron chi connectivity index (χ4n) is 3.51. The molecule has 7 nitrogen and oxygen atoms in total. The van der Waals surface area contributed by atoms with Gasteiger partial charge in [0.25, 0.3) is 5.69 Å². The van der Waals surface area contributed by atoms with E-state index in [-0.39, 0.29) is 16.5 Å². The molecule has 1 aliphatic carbocycles. The van der Waals surface area contributed by atoms with Crippen LogP contribution in [0.4, 0.5) is 11.4 Å². The van der Waals surface area contributed by atoms with Crippen molar-refractivity contribution in [3.63, 3.8) is 0 Å². The summed E-state index contributed by atoms with van der Waals surface area (Å²) in [5, 5.41) is 10.9. The van der Waals surface area contributed by atoms with Crippen molar-refractivity contribution in [3.8, 4) is 0 Å². The van der Waals surface area contributed by atoms with Gasteiger partial charge >= 0.3 is 0 Å². The SMILES string of the molecule is NC1(C(=O)N2CCN(c3cccc([N+](=O)[O-])c3)CC2)CCCC1. The molecule has 0 bridgehead atoms. The number of carbonyl (C=O) groups is 1. The summed E-state index contributed by atoms with van der Waals surface area (Å²) in [6.07, 6.45) is 3.60. The van der Waals surface area contributed by atoms with Crippen LogP contribution in [0.3, 0.4) is 0 Å². The zero-order chi connectivity index (χ0) is 16.4. The molecule has 1 saturated heterocycles. The van der Waals surface area contributed by atoms with Crippen LogP contribution in [-0.4, -0.2) is 47.4 Å². The van der Waals surface area contributed by atoms with Gasteiger partial charge in [-0.15, -0.1) is 0 Å². The van der Waals surface area contributed by atoms with Crippen molar-refractivity contribution in [1.82, 2.24) is 4.90 Å². The number of nitro groups is 1. The van der Waals surface area contributed by atoms with Gasteiger partial charge in [0.1, 0.15) is 0 Å². The van der Waals surface area contributed by atoms with Crippen LogP contribution in [0.5, 0.6) is 0 Å². The lowest BCUT2D eigenvalue weighted by molar-refractivity contribution is -0.384. The molecule has 1 amide bonds. The van der Waals surface area contributed by atoms with Crippen LogP contribution < -0.4 is 10.6 Å². The molecule has 1 aromatic carbocycles. The molecule has 2 aliphatic rings. The Balaban J connectivity index is 1.63. The average Bonchev–Trinajstić information content (AvgIpc) is 3.02. The van der Waals surface area contributed by atoms with Gasteiger partial charge in [0.15, 0.2) is 0 Å². The number of non-ortho nitro benzene ring substituents is 1. The van der Waals surface area contributed by atoms with Crippen molar-refractivity contribution in [2.24, 2.45) is 5.73 Å². The Morgan fingerprint density at radius 3 is 2.43 bits per heavy atom. The third kappa shape index (κ3) is 3.14. The van der Waals surface area contributed by atoms with E-state index in [1.54, 1.807) is 12.1 Å². The van der Waals surface area contributed by atoms with Crippen LogP contribution in [0.25, 0.3) is 0 Å². The number of piperazine rings is 1. The molecule has 0 unspecified atom stereocenters. The minimum Gasteiger partial charge on any atom is -0.368 e. The number of carbonyl (C=O) groups excluding carboxylic acids is 1. The molecule has 1 saturated carbocycles. The second kappa shape index (κ2) is 6.16. The van der Waals surface area contributed by atoms with Gasteiger partial charge in [0.2, 0.25) is 5.91 Å². The Morgan fingerprint density at radius 2 is 1.83 bits per heavy atom. The molecule has 23 heavy (non-hydrogen) atoms. The number of nitrogens with zero attached hydrogens (tertiary/aromatic N) is 3. The third-order valence-electron chi connectivity index (χ3n) is 4.89. The Hall–Kier alpha value is -2.15. The molecular weight excluding hydrogens is 296 g/mol. The Labute approximate surface area is 135 Å². The lowest BCUT2D eigenvalue weighted by Gasteiger charge is -2.39. The maximum absolute atomic E-state index is 12.6. The van der Waals surface area contributed by atoms with Crippen LogP contribution in [0.15, 0.2) is 24.3 Å². The second-order valence-corrected chi connectivity index (χ2v) is 6.42. The molecule has 1 heterocycles. The molecule has 2 fully saturated rings. The maximum Gasteiger partial charge on any atom is 0.271 e. The van der Waals surface area contributed by atoms with E-state index >= 15 is 0 Å². The summed E-state index contributed by atoms with van der Waals surface area (Å²) in [7, 11) is 0. The first-order valence-electron chi connectivity index (χ1n) is 8.07. The molecule has 0 aromatic heterocycles. The standard InChI is InChI=1S/C16H22N4O3/c17-16(6-1-2-7-16)15(21)19-10-8-18(9-11-19)13-4-3-5-14(12-13)20(22)23/h3-5,12H,1-2,6-11,17H2. The summed E-state index contributed by atoms with van der Waals surface area (Å²) in [5.74, 6) is 0.0636. The number of benzene rings is 1. The smallest absolute Gasteiger partial charge is 0.271 e. The van der Waals surface area contributed by atoms with Gasteiger partial charge in [-0.1, -0.05) is 18.9 Å². The van der Waals surface area contributed by atoms with Gasteiger partial charge in [-0.25, -0.2) is 0 Å². The number of hydrogen-bond donors (Lipinski definition) is 1. The van der Waals surface area contributed by atoms with Crippen molar-refractivity contribution in [1.29, 1.82) is 0 Å². The summed E-state index contributed by atoms with van der Waals surface area (Å²) in [5.41, 5.74) is 6.50. The highest BCUT2D eigenvalue weighted by Crippen LogP contribution is 2.30. The predicted molar refractivity (Wildman–Crippen MR) is 87.3 cm³/mol. The van der Waals surface area contributed by atoms with Gasteiger partial charge in [-0.05, 0) is 18.9 Å². The number of amides is 1. The first-order chi connectivity index (χ1) is 11.0. The van der Waals surface area contributed by atoms with E-state index in [2.05, 4.69) is 4.90 Å². The van der Waals surface area contributed by atoms with Crippen molar-refractivity contribution in [2.75, 3.05) is 31.1 Å². The number of nitro benzene ring substituents is 1. The fourth-order valence-corrected chi connectivity index (χ4v) is 3.51. The first kappa shape index (κ1) is 15.7. The van der Waals surface area contributed by atoms with E-state index in [0.29, 0.717) is 26.2 Å². The number of hydrogen-bond acceptors (Lipinski definition) is 5. The molecule has 3 rings (SSSR count). The van der Waals surface area contributed by atoms with E-state index in [1.165, 1.54) is 6.07 Å². The zero-order valence-corrected chi connectivity index (χ0v) is 13.1. The summed E-state index contributed by atoms with van der Waals surface area (Å²) >= 11 is 0. The van der Waals surface area contributed by atoms with Gasteiger partial charge in [0.05, 0.1) is 10.5 Å². The van der Waals surface area contributed by atoms with Crippen molar-refractivity contribution in [2.45, 2.75) is 31.2 Å². The summed E-state index contributed by atoms with van der Waals surface area (Å²) in [6, 6.07) is 6.63. The minimum absolute atomic E-state index is 0.0636. The summed E-state index contributed by atoms with van der Waals surface area (Å²) in [6.45, 7) is 2.56. The Bertz CT molecular complexity index is 605. The Kier molecular flexibility index (Phi) is 4.21. The highest BCUT2D eigenvalue weighted by Gasteiger charge is 2.40. The third-order valence-corrected chi connectivity index (χ3v) is 4.89. The number of rotatable bonds is 3. The molecule has 0 spiro atoms. The molecule has 1 aliphatic heterocycles. The lowest BCUT2D eigenvalue weighted by atomic mass is 9.97. The summed E-state index contributed by atoms with van der Waals surface area (Å²) in [4.78, 5) is 27.0. The molecule has 0 radical (unpaired) electrons. The molecule has 1 aromatic rings. The molecule has 124 valence electrons. The maximum atomic E-state index is 12.6. The summed E-state index contributed by atoms with van der Waals surface area (Å²) < 4.78 is 0. The van der Waals surface area contributed by atoms with Crippen molar-refractivity contribution < 1.29 is 9.72 Å². The first-order valence-corrected chi connectivity index (χ1v) is 8.07. The predicted octanol–water partition coefficient (Wildman–Crippen LogP) is 1.51. The van der Waals surface area contributed by atoms with Gasteiger partial charge in [-0.2, -0.15) is 0 Å². The van der Waals surface area contributed by atoms with E-state index in [9.17, 15) is 14.9 Å². The fraction of sp³-hybridized carbons (Fsp3) is 0.562. The molecular formula is C16H22N4O3. The largest absolute Gasteiger partial charge is 0.368 e. The second-order valence-electron chi connectivity index (χ2n) is 6.42. The lowest BCUT2D eigenvalue weighted by Crippen LogP contribution is -2.58. The van der Waals surface area contributed by atoms with Crippen LogP contribution in [0.2, 0.25) is 0 Å². The minimum atomic E-state index is -0.673.